The molecule has 0 amide bonds. The summed E-state index contributed by atoms with van der Waals surface area (Å²) in [5.74, 6) is 2.52. The van der Waals surface area contributed by atoms with Crippen LogP contribution < -0.4 is 14.8 Å². The minimum atomic E-state index is 0.343. The fourth-order valence-electron chi connectivity index (χ4n) is 3.18. The zero-order valence-electron chi connectivity index (χ0n) is 12.4. The third-order valence-corrected chi connectivity index (χ3v) is 4.46. The molecule has 0 radical (unpaired) electrons. The van der Waals surface area contributed by atoms with E-state index in [1.54, 1.807) is 0 Å². The highest BCUT2D eigenvalue weighted by Gasteiger charge is 2.23. The molecule has 1 N–H and O–H groups in total. The van der Waals surface area contributed by atoms with Gasteiger partial charge in [-0.3, -0.25) is 0 Å². The molecule has 3 rings (SSSR count). The summed E-state index contributed by atoms with van der Waals surface area (Å²) in [5, 5.41) is 3.66. The van der Waals surface area contributed by atoms with Gasteiger partial charge in [0.1, 0.15) is 0 Å². The highest BCUT2D eigenvalue weighted by atomic mass is 16.7. The van der Waals surface area contributed by atoms with Crippen molar-refractivity contribution in [3.05, 3.63) is 23.8 Å². The van der Waals surface area contributed by atoms with Crippen LogP contribution in [0, 0.1) is 5.92 Å². The first-order valence-corrected chi connectivity index (χ1v) is 7.53. The van der Waals surface area contributed by atoms with Gasteiger partial charge in [0, 0.05) is 24.7 Å². The summed E-state index contributed by atoms with van der Waals surface area (Å²) in [5.41, 5.74) is 1.19. The maximum Gasteiger partial charge on any atom is 0.231 e. The molecule has 4 heteroatoms. The molecule has 1 fully saturated rings. The van der Waals surface area contributed by atoms with E-state index in [2.05, 4.69) is 30.3 Å². The quantitative estimate of drug-likeness (QED) is 0.914. The number of piperidine rings is 1. The summed E-state index contributed by atoms with van der Waals surface area (Å²) in [6.45, 7) is 5.91. The van der Waals surface area contributed by atoms with Crippen LogP contribution in [0.3, 0.4) is 0 Å². The number of para-hydroxylation sites is 1. The average molecular weight is 276 g/mol. The van der Waals surface area contributed by atoms with Crippen molar-refractivity contribution in [3.63, 3.8) is 0 Å². The second kappa shape index (κ2) is 6.02. The van der Waals surface area contributed by atoms with Gasteiger partial charge in [0.15, 0.2) is 11.5 Å². The van der Waals surface area contributed by atoms with Crippen molar-refractivity contribution in [2.24, 2.45) is 5.92 Å². The summed E-state index contributed by atoms with van der Waals surface area (Å²) in [6.07, 6.45) is 2.63. The predicted octanol–water partition coefficient (Wildman–Crippen LogP) is 2.24. The maximum atomic E-state index is 5.55. The second-order valence-electron chi connectivity index (χ2n) is 5.99. The average Bonchev–Trinajstić information content (AvgIpc) is 2.93. The van der Waals surface area contributed by atoms with Gasteiger partial charge in [-0.15, -0.1) is 0 Å². The molecule has 1 aromatic rings. The van der Waals surface area contributed by atoms with Gasteiger partial charge in [-0.05, 0) is 45.3 Å². The first-order valence-electron chi connectivity index (χ1n) is 7.53. The topological polar surface area (TPSA) is 33.7 Å². The second-order valence-corrected chi connectivity index (χ2v) is 5.99. The van der Waals surface area contributed by atoms with Crippen LogP contribution in [0.4, 0.5) is 0 Å². The lowest BCUT2D eigenvalue weighted by Crippen LogP contribution is -2.42. The molecule has 2 atom stereocenters. The van der Waals surface area contributed by atoms with Crippen LogP contribution in [-0.2, 0) is 6.54 Å². The molecule has 2 unspecified atom stereocenters. The molecule has 20 heavy (non-hydrogen) atoms. The first-order chi connectivity index (χ1) is 9.74. The van der Waals surface area contributed by atoms with E-state index in [-0.39, 0.29) is 0 Å². The first kappa shape index (κ1) is 13.7. The maximum absolute atomic E-state index is 5.55. The largest absolute Gasteiger partial charge is 0.454 e. The summed E-state index contributed by atoms with van der Waals surface area (Å²) in [7, 11) is 2.22. The Labute approximate surface area is 121 Å². The fourth-order valence-corrected chi connectivity index (χ4v) is 3.18. The number of hydrogen-bond donors (Lipinski definition) is 1. The van der Waals surface area contributed by atoms with Crippen LogP contribution in [0.1, 0.15) is 25.3 Å². The van der Waals surface area contributed by atoms with Crippen molar-refractivity contribution < 1.29 is 9.47 Å². The number of ether oxygens (including phenoxy) is 2. The highest BCUT2D eigenvalue weighted by molar-refractivity contribution is 5.48. The number of benzene rings is 1. The molecule has 2 aliphatic heterocycles. The number of nitrogens with zero attached hydrogens (tertiary/aromatic N) is 1. The smallest absolute Gasteiger partial charge is 0.231 e. The zero-order valence-corrected chi connectivity index (χ0v) is 12.4. The van der Waals surface area contributed by atoms with Crippen molar-refractivity contribution in [2.45, 2.75) is 32.4 Å². The Hall–Kier alpha value is -1.26. The molecule has 0 saturated carbocycles. The van der Waals surface area contributed by atoms with E-state index in [1.165, 1.54) is 31.5 Å². The van der Waals surface area contributed by atoms with E-state index in [0.29, 0.717) is 12.8 Å². The molecule has 0 bridgehead atoms. The molecule has 0 spiro atoms. The number of rotatable bonds is 4. The van der Waals surface area contributed by atoms with E-state index in [0.717, 1.165) is 24.0 Å². The van der Waals surface area contributed by atoms with E-state index in [4.69, 9.17) is 9.47 Å². The minimum Gasteiger partial charge on any atom is -0.454 e. The number of hydrogen-bond acceptors (Lipinski definition) is 4. The van der Waals surface area contributed by atoms with Crippen molar-refractivity contribution in [1.29, 1.82) is 0 Å². The number of likely N-dealkylation sites (tertiary alicyclic amines) is 1. The van der Waals surface area contributed by atoms with Crippen LogP contribution in [-0.4, -0.2) is 37.9 Å². The third-order valence-electron chi connectivity index (χ3n) is 4.46. The standard InChI is InChI=1S/C16H24N2O2/c1-12(14-6-4-8-18(2)10-14)17-9-13-5-3-7-15-16(13)20-11-19-15/h3,5,7,12,14,17H,4,6,8-11H2,1-2H3. The van der Waals surface area contributed by atoms with E-state index in [1.807, 2.05) is 12.1 Å². The number of nitrogens with one attached hydrogen (secondary N) is 1. The summed E-state index contributed by atoms with van der Waals surface area (Å²) in [4.78, 5) is 2.43. The van der Waals surface area contributed by atoms with Crippen LogP contribution in [0.15, 0.2) is 18.2 Å². The third kappa shape index (κ3) is 2.91. The summed E-state index contributed by atoms with van der Waals surface area (Å²) >= 11 is 0. The van der Waals surface area contributed by atoms with Gasteiger partial charge in [0.2, 0.25) is 6.79 Å². The van der Waals surface area contributed by atoms with Crippen molar-refractivity contribution in [3.8, 4) is 11.5 Å². The Bertz CT molecular complexity index is 464. The van der Waals surface area contributed by atoms with Gasteiger partial charge < -0.3 is 19.7 Å². The molecule has 110 valence electrons. The molecule has 2 aliphatic rings. The molecule has 1 aromatic carbocycles. The molecule has 0 aliphatic carbocycles. The van der Waals surface area contributed by atoms with Gasteiger partial charge in [-0.25, -0.2) is 0 Å². The predicted molar refractivity (Wildman–Crippen MR) is 79.1 cm³/mol. The van der Waals surface area contributed by atoms with Gasteiger partial charge in [0.05, 0.1) is 0 Å². The summed E-state index contributed by atoms with van der Waals surface area (Å²) < 4.78 is 11.0. The Morgan fingerprint density at radius 3 is 3.15 bits per heavy atom. The van der Waals surface area contributed by atoms with Crippen LogP contribution in [0.25, 0.3) is 0 Å². The van der Waals surface area contributed by atoms with Crippen molar-refractivity contribution in [2.75, 3.05) is 26.9 Å². The molecule has 1 saturated heterocycles. The van der Waals surface area contributed by atoms with Gasteiger partial charge >= 0.3 is 0 Å². The van der Waals surface area contributed by atoms with E-state index >= 15 is 0 Å². The molecular formula is C16H24N2O2. The molecule has 0 aromatic heterocycles. The SMILES string of the molecule is CC(NCc1cccc2c1OCO2)C1CCCN(C)C1. The molecular weight excluding hydrogens is 252 g/mol. The van der Waals surface area contributed by atoms with Gasteiger partial charge in [-0.1, -0.05) is 12.1 Å². The fraction of sp³-hybridized carbons (Fsp3) is 0.625. The van der Waals surface area contributed by atoms with Crippen LogP contribution >= 0.6 is 0 Å². The normalized spacial score (nSPS) is 23.8. The lowest BCUT2D eigenvalue weighted by Gasteiger charge is -2.34. The minimum absolute atomic E-state index is 0.343. The summed E-state index contributed by atoms with van der Waals surface area (Å²) in [6, 6.07) is 6.63. The van der Waals surface area contributed by atoms with Crippen LogP contribution in [0.2, 0.25) is 0 Å². The Balaban J connectivity index is 1.58. The molecule has 4 nitrogen and oxygen atoms in total. The Morgan fingerprint density at radius 2 is 2.30 bits per heavy atom. The lowest BCUT2D eigenvalue weighted by molar-refractivity contribution is 0.171. The zero-order chi connectivity index (χ0) is 13.9. The van der Waals surface area contributed by atoms with Gasteiger partial charge in [0.25, 0.3) is 0 Å². The highest BCUT2D eigenvalue weighted by Crippen LogP contribution is 2.35. The monoisotopic (exact) mass is 276 g/mol. The van der Waals surface area contributed by atoms with Crippen molar-refractivity contribution >= 4 is 0 Å². The van der Waals surface area contributed by atoms with Crippen LogP contribution in [0.5, 0.6) is 11.5 Å². The molecule has 2 heterocycles. The number of fused-ring (bicyclic) bond motifs is 1. The Kier molecular flexibility index (Phi) is 4.13. The van der Waals surface area contributed by atoms with E-state index < -0.39 is 0 Å². The Morgan fingerprint density at radius 1 is 1.40 bits per heavy atom. The van der Waals surface area contributed by atoms with E-state index in [9.17, 15) is 0 Å². The van der Waals surface area contributed by atoms with Gasteiger partial charge in [-0.2, -0.15) is 0 Å². The lowest BCUT2D eigenvalue weighted by atomic mass is 9.92. The van der Waals surface area contributed by atoms with Crippen molar-refractivity contribution in [1.82, 2.24) is 10.2 Å².